The molecule has 0 saturated carbocycles. The average Bonchev–Trinajstić information content (AvgIpc) is 2.29. The summed E-state index contributed by atoms with van der Waals surface area (Å²) >= 11 is 0. The number of aromatic nitrogens is 2. The summed E-state index contributed by atoms with van der Waals surface area (Å²) in [4.78, 5) is 11.7. The standard InChI is InChI=1S/C12H21N3O2/c1-10(2)8-13-11-7-12(17)15(14-9-11)5-3-4-6-16/h7,9-10,13,16H,3-6,8H2,1-2H3. The number of unbranched alkanes of at least 4 members (excludes halogenated alkanes) is 1. The molecule has 0 spiro atoms. The van der Waals surface area contributed by atoms with Crippen molar-refractivity contribution in [3.05, 3.63) is 22.6 Å². The molecule has 0 amide bonds. The van der Waals surface area contributed by atoms with Gasteiger partial charge in [-0.1, -0.05) is 13.8 Å². The van der Waals surface area contributed by atoms with Crippen LogP contribution in [0, 0.1) is 5.92 Å². The average molecular weight is 239 g/mol. The van der Waals surface area contributed by atoms with Crippen molar-refractivity contribution in [1.82, 2.24) is 9.78 Å². The molecule has 0 saturated heterocycles. The Bertz CT molecular complexity index is 388. The van der Waals surface area contributed by atoms with Gasteiger partial charge in [-0.25, -0.2) is 4.68 Å². The molecule has 1 heterocycles. The van der Waals surface area contributed by atoms with Gasteiger partial charge in [-0.05, 0) is 18.8 Å². The zero-order chi connectivity index (χ0) is 12.7. The first kappa shape index (κ1) is 13.7. The monoisotopic (exact) mass is 239 g/mol. The minimum atomic E-state index is -0.100. The molecule has 5 nitrogen and oxygen atoms in total. The normalized spacial score (nSPS) is 10.8. The van der Waals surface area contributed by atoms with Crippen molar-refractivity contribution in [3.63, 3.8) is 0 Å². The minimum absolute atomic E-state index is 0.100. The van der Waals surface area contributed by atoms with Gasteiger partial charge in [0.15, 0.2) is 0 Å². The molecule has 1 aromatic rings. The third kappa shape index (κ3) is 4.99. The maximum Gasteiger partial charge on any atom is 0.268 e. The summed E-state index contributed by atoms with van der Waals surface area (Å²) in [5, 5.41) is 15.9. The molecular weight excluding hydrogens is 218 g/mol. The molecule has 0 aromatic carbocycles. The van der Waals surface area contributed by atoms with Crippen LogP contribution < -0.4 is 10.9 Å². The first-order valence-electron chi connectivity index (χ1n) is 6.05. The van der Waals surface area contributed by atoms with Crippen LogP contribution in [0.4, 0.5) is 5.69 Å². The van der Waals surface area contributed by atoms with Crippen LogP contribution >= 0.6 is 0 Å². The van der Waals surface area contributed by atoms with Gasteiger partial charge in [0.2, 0.25) is 0 Å². The van der Waals surface area contributed by atoms with Gasteiger partial charge in [0, 0.05) is 25.8 Å². The van der Waals surface area contributed by atoms with Crippen molar-refractivity contribution >= 4 is 5.69 Å². The van der Waals surface area contributed by atoms with Gasteiger partial charge in [-0.2, -0.15) is 5.10 Å². The second-order valence-electron chi connectivity index (χ2n) is 4.51. The molecule has 17 heavy (non-hydrogen) atoms. The van der Waals surface area contributed by atoms with Gasteiger partial charge in [0.05, 0.1) is 11.9 Å². The van der Waals surface area contributed by atoms with E-state index in [-0.39, 0.29) is 12.2 Å². The van der Waals surface area contributed by atoms with Crippen molar-refractivity contribution in [2.75, 3.05) is 18.5 Å². The molecule has 5 heteroatoms. The number of nitrogens with one attached hydrogen (secondary N) is 1. The van der Waals surface area contributed by atoms with Crippen molar-refractivity contribution < 1.29 is 5.11 Å². The smallest absolute Gasteiger partial charge is 0.268 e. The first-order valence-corrected chi connectivity index (χ1v) is 6.05. The summed E-state index contributed by atoms with van der Waals surface area (Å²) < 4.78 is 1.43. The van der Waals surface area contributed by atoms with E-state index in [1.165, 1.54) is 4.68 Å². The Kier molecular flexibility index (Phi) is 5.69. The van der Waals surface area contributed by atoms with E-state index < -0.39 is 0 Å². The first-order chi connectivity index (χ1) is 8.13. The molecule has 0 bridgehead atoms. The van der Waals surface area contributed by atoms with E-state index in [1.54, 1.807) is 12.3 Å². The molecule has 1 rings (SSSR count). The number of hydrogen-bond acceptors (Lipinski definition) is 4. The second-order valence-corrected chi connectivity index (χ2v) is 4.51. The number of anilines is 1. The highest BCUT2D eigenvalue weighted by atomic mass is 16.2. The maximum atomic E-state index is 11.7. The quantitative estimate of drug-likeness (QED) is 0.699. The number of aliphatic hydroxyl groups excluding tert-OH is 1. The largest absolute Gasteiger partial charge is 0.396 e. The van der Waals surface area contributed by atoms with Crippen LogP contribution in [0.3, 0.4) is 0 Å². The fourth-order valence-electron chi connectivity index (χ4n) is 1.39. The SMILES string of the molecule is CC(C)CNc1cnn(CCCCO)c(=O)c1. The maximum absolute atomic E-state index is 11.7. The summed E-state index contributed by atoms with van der Waals surface area (Å²) in [6.45, 7) is 5.76. The van der Waals surface area contributed by atoms with Gasteiger partial charge >= 0.3 is 0 Å². The summed E-state index contributed by atoms with van der Waals surface area (Å²) in [5.74, 6) is 0.530. The summed E-state index contributed by atoms with van der Waals surface area (Å²) in [7, 11) is 0. The summed E-state index contributed by atoms with van der Waals surface area (Å²) in [5.41, 5.74) is 0.666. The highest BCUT2D eigenvalue weighted by molar-refractivity contribution is 5.38. The van der Waals surface area contributed by atoms with E-state index in [1.807, 2.05) is 0 Å². The topological polar surface area (TPSA) is 67.2 Å². The molecule has 0 unspecified atom stereocenters. The van der Waals surface area contributed by atoms with E-state index in [0.717, 1.165) is 18.7 Å². The number of nitrogens with zero attached hydrogens (tertiary/aromatic N) is 2. The van der Waals surface area contributed by atoms with E-state index in [9.17, 15) is 4.79 Å². The fraction of sp³-hybridized carbons (Fsp3) is 0.667. The number of hydrogen-bond donors (Lipinski definition) is 2. The van der Waals surface area contributed by atoms with Crippen molar-refractivity contribution in [2.45, 2.75) is 33.2 Å². The highest BCUT2D eigenvalue weighted by Gasteiger charge is 2.00. The Morgan fingerprint density at radius 2 is 2.24 bits per heavy atom. The molecule has 0 aliphatic rings. The van der Waals surface area contributed by atoms with Crippen LogP contribution in [0.1, 0.15) is 26.7 Å². The molecule has 0 radical (unpaired) electrons. The van der Waals surface area contributed by atoms with Crippen LogP contribution in [-0.2, 0) is 6.54 Å². The van der Waals surface area contributed by atoms with Gasteiger partial charge in [0.1, 0.15) is 0 Å². The number of aryl methyl sites for hydroxylation is 1. The Balaban J connectivity index is 2.56. The van der Waals surface area contributed by atoms with E-state index in [4.69, 9.17) is 5.11 Å². The molecule has 96 valence electrons. The van der Waals surface area contributed by atoms with E-state index in [0.29, 0.717) is 18.9 Å². The van der Waals surface area contributed by atoms with Crippen molar-refractivity contribution in [3.8, 4) is 0 Å². The van der Waals surface area contributed by atoms with Crippen LogP contribution in [-0.4, -0.2) is 28.0 Å². The third-order valence-corrected chi connectivity index (χ3v) is 2.36. The molecular formula is C12H21N3O2. The molecule has 0 fully saturated rings. The van der Waals surface area contributed by atoms with Crippen LogP contribution in [0.2, 0.25) is 0 Å². The molecule has 2 N–H and O–H groups in total. The summed E-state index contributed by atoms with van der Waals surface area (Å²) in [6.07, 6.45) is 3.13. The lowest BCUT2D eigenvalue weighted by molar-refractivity contribution is 0.279. The molecule has 0 aliphatic heterocycles. The number of rotatable bonds is 7. The Hall–Kier alpha value is -1.36. The second kappa shape index (κ2) is 7.06. The third-order valence-electron chi connectivity index (χ3n) is 2.36. The minimum Gasteiger partial charge on any atom is -0.396 e. The van der Waals surface area contributed by atoms with Gasteiger partial charge in [-0.3, -0.25) is 4.79 Å². The van der Waals surface area contributed by atoms with Crippen molar-refractivity contribution in [2.24, 2.45) is 5.92 Å². The Morgan fingerprint density at radius 1 is 1.47 bits per heavy atom. The molecule has 0 atom stereocenters. The predicted octanol–water partition coefficient (Wildman–Crippen LogP) is 1.08. The van der Waals surface area contributed by atoms with E-state index >= 15 is 0 Å². The van der Waals surface area contributed by atoms with Gasteiger partial charge in [-0.15, -0.1) is 0 Å². The van der Waals surface area contributed by atoms with Gasteiger partial charge in [0.25, 0.3) is 5.56 Å². The van der Waals surface area contributed by atoms with E-state index in [2.05, 4.69) is 24.3 Å². The van der Waals surface area contributed by atoms with Crippen LogP contribution in [0.5, 0.6) is 0 Å². The molecule has 0 aliphatic carbocycles. The lowest BCUT2D eigenvalue weighted by Crippen LogP contribution is -2.23. The van der Waals surface area contributed by atoms with Gasteiger partial charge < -0.3 is 10.4 Å². The fourth-order valence-corrected chi connectivity index (χ4v) is 1.39. The lowest BCUT2D eigenvalue weighted by atomic mass is 10.2. The lowest BCUT2D eigenvalue weighted by Gasteiger charge is -2.09. The number of aliphatic hydroxyl groups is 1. The zero-order valence-corrected chi connectivity index (χ0v) is 10.5. The predicted molar refractivity (Wildman–Crippen MR) is 68.1 cm³/mol. The zero-order valence-electron chi connectivity index (χ0n) is 10.5. The van der Waals surface area contributed by atoms with Crippen molar-refractivity contribution in [1.29, 1.82) is 0 Å². The van der Waals surface area contributed by atoms with Crippen LogP contribution in [0.25, 0.3) is 0 Å². The molecule has 1 aromatic heterocycles. The summed E-state index contributed by atoms with van der Waals surface area (Å²) in [6, 6.07) is 1.56. The highest BCUT2D eigenvalue weighted by Crippen LogP contribution is 2.02. The Morgan fingerprint density at radius 3 is 2.82 bits per heavy atom. The Labute approximate surface area is 101 Å². The van der Waals surface area contributed by atoms with Crippen LogP contribution in [0.15, 0.2) is 17.1 Å².